The Hall–Kier alpha value is -2.63. The van der Waals surface area contributed by atoms with Crippen LogP contribution in [0.2, 0.25) is 0 Å². The molecule has 1 saturated heterocycles. The summed E-state index contributed by atoms with van der Waals surface area (Å²) in [6.45, 7) is 2.72. The van der Waals surface area contributed by atoms with E-state index in [1.165, 1.54) is 18.5 Å². The molecule has 0 bridgehead atoms. The normalized spacial score (nSPS) is 20.3. The Morgan fingerprint density at radius 3 is 2.84 bits per heavy atom. The predicted molar refractivity (Wildman–Crippen MR) is 95.0 cm³/mol. The zero-order valence-electron chi connectivity index (χ0n) is 14.1. The lowest BCUT2D eigenvalue weighted by Crippen LogP contribution is -2.23. The first-order valence-electron chi connectivity index (χ1n) is 8.99. The molecule has 2 fully saturated rings. The molecule has 1 atom stereocenters. The molecular formula is C19H21N5O. The maximum Gasteiger partial charge on any atom is 0.154 e. The smallest absolute Gasteiger partial charge is 0.154 e. The highest BCUT2D eigenvalue weighted by molar-refractivity contribution is 5.69. The van der Waals surface area contributed by atoms with Crippen molar-refractivity contribution < 1.29 is 4.74 Å². The third-order valence-corrected chi connectivity index (χ3v) is 5.10. The summed E-state index contributed by atoms with van der Waals surface area (Å²) < 4.78 is 7.88. The van der Waals surface area contributed by atoms with Gasteiger partial charge < -0.3 is 9.64 Å². The summed E-state index contributed by atoms with van der Waals surface area (Å²) in [5.41, 5.74) is 2.34. The first kappa shape index (κ1) is 14.7. The number of pyridine rings is 1. The molecule has 1 saturated carbocycles. The van der Waals surface area contributed by atoms with Crippen LogP contribution in [0.15, 0.2) is 43.0 Å². The van der Waals surface area contributed by atoms with Gasteiger partial charge in [0.25, 0.3) is 0 Å². The maximum absolute atomic E-state index is 5.90. The monoisotopic (exact) mass is 335 g/mol. The molecule has 0 spiro atoms. The van der Waals surface area contributed by atoms with Gasteiger partial charge in [-0.3, -0.25) is 4.98 Å². The fourth-order valence-corrected chi connectivity index (χ4v) is 3.56. The standard InChI is InChI=1S/C19H21N5O/c1-2-15(1)17-11-18-19(21-8-10-24(18)22-17)23-9-5-14(12-23)13-25-16-3-6-20-7-4-16/h3-4,6-8,10-11,14-15H,1-2,5,9,12-13H2. The molecule has 5 rings (SSSR count). The lowest BCUT2D eigenvalue weighted by atomic mass is 10.1. The first-order chi connectivity index (χ1) is 12.4. The summed E-state index contributed by atoms with van der Waals surface area (Å²) in [5.74, 6) is 3.11. The molecule has 0 N–H and O–H groups in total. The van der Waals surface area contributed by atoms with Crippen LogP contribution in [-0.4, -0.2) is 39.3 Å². The topological polar surface area (TPSA) is 55.5 Å². The molecule has 0 aromatic carbocycles. The van der Waals surface area contributed by atoms with Gasteiger partial charge in [-0.2, -0.15) is 5.10 Å². The SMILES string of the molecule is c1cc(OCC2CCN(c3nccn4nc(C5CC5)cc34)C2)ccn1. The Bertz CT molecular complexity index is 874. The molecule has 4 heterocycles. The van der Waals surface area contributed by atoms with Crippen LogP contribution in [0.1, 0.15) is 30.9 Å². The maximum atomic E-state index is 5.90. The van der Waals surface area contributed by atoms with Gasteiger partial charge in [-0.1, -0.05) is 0 Å². The summed E-state index contributed by atoms with van der Waals surface area (Å²) in [7, 11) is 0. The van der Waals surface area contributed by atoms with E-state index >= 15 is 0 Å². The quantitative estimate of drug-likeness (QED) is 0.717. The van der Waals surface area contributed by atoms with Crippen LogP contribution in [-0.2, 0) is 0 Å². The van der Waals surface area contributed by atoms with Gasteiger partial charge in [0.1, 0.15) is 11.3 Å². The third-order valence-electron chi connectivity index (χ3n) is 5.10. The van der Waals surface area contributed by atoms with Crippen LogP contribution in [0, 0.1) is 5.92 Å². The molecule has 3 aromatic heterocycles. The van der Waals surface area contributed by atoms with Crippen molar-refractivity contribution in [2.75, 3.05) is 24.6 Å². The molecule has 25 heavy (non-hydrogen) atoms. The first-order valence-corrected chi connectivity index (χ1v) is 8.99. The molecule has 6 heteroatoms. The molecular weight excluding hydrogens is 314 g/mol. The minimum atomic E-state index is 0.515. The van der Waals surface area contributed by atoms with Crippen molar-refractivity contribution >= 4 is 11.3 Å². The van der Waals surface area contributed by atoms with Crippen molar-refractivity contribution in [1.82, 2.24) is 19.6 Å². The van der Waals surface area contributed by atoms with Crippen molar-refractivity contribution in [1.29, 1.82) is 0 Å². The van der Waals surface area contributed by atoms with Gasteiger partial charge in [0.15, 0.2) is 5.82 Å². The second kappa shape index (κ2) is 6.02. The summed E-state index contributed by atoms with van der Waals surface area (Å²) in [6, 6.07) is 6.03. The van der Waals surface area contributed by atoms with Crippen molar-refractivity contribution in [2.24, 2.45) is 5.92 Å². The minimum Gasteiger partial charge on any atom is -0.493 e. The second-order valence-electron chi connectivity index (χ2n) is 7.02. The number of ether oxygens (including phenoxy) is 1. The van der Waals surface area contributed by atoms with E-state index in [4.69, 9.17) is 9.84 Å². The van der Waals surface area contributed by atoms with E-state index in [1.807, 2.05) is 29.0 Å². The number of hydrogen-bond donors (Lipinski definition) is 0. The number of rotatable bonds is 5. The number of fused-ring (bicyclic) bond motifs is 1. The van der Waals surface area contributed by atoms with Crippen molar-refractivity contribution in [3.8, 4) is 5.75 Å². The number of hydrogen-bond acceptors (Lipinski definition) is 5. The largest absolute Gasteiger partial charge is 0.493 e. The second-order valence-corrected chi connectivity index (χ2v) is 7.02. The zero-order chi connectivity index (χ0) is 16.6. The predicted octanol–water partition coefficient (Wildman–Crippen LogP) is 2.91. The molecule has 6 nitrogen and oxygen atoms in total. The van der Waals surface area contributed by atoms with E-state index in [-0.39, 0.29) is 0 Å². The van der Waals surface area contributed by atoms with E-state index < -0.39 is 0 Å². The molecule has 1 aliphatic heterocycles. The van der Waals surface area contributed by atoms with Crippen LogP contribution in [0.4, 0.5) is 5.82 Å². The van der Waals surface area contributed by atoms with Crippen molar-refractivity contribution in [3.63, 3.8) is 0 Å². The van der Waals surface area contributed by atoms with Gasteiger partial charge in [-0.25, -0.2) is 9.50 Å². The molecule has 1 aliphatic carbocycles. The Labute approximate surface area is 146 Å². The fourth-order valence-electron chi connectivity index (χ4n) is 3.56. The Morgan fingerprint density at radius 2 is 2.00 bits per heavy atom. The van der Waals surface area contributed by atoms with Gasteiger partial charge >= 0.3 is 0 Å². The van der Waals surface area contributed by atoms with Gasteiger partial charge in [0, 0.05) is 49.7 Å². The van der Waals surface area contributed by atoms with Gasteiger partial charge in [-0.05, 0) is 37.5 Å². The summed E-state index contributed by atoms with van der Waals surface area (Å²) in [6.07, 6.45) is 11.0. The third kappa shape index (κ3) is 2.92. The summed E-state index contributed by atoms with van der Waals surface area (Å²) in [4.78, 5) is 11.0. The lowest BCUT2D eigenvalue weighted by molar-refractivity contribution is 0.261. The number of anilines is 1. The molecule has 1 unspecified atom stereocenters. The number of nitrogens with zero attached hydrogens (tertiary/aromatic N) is 5. The van der Waals surface area contributed by atoms with E-state index in [0.717, 1.165) is 43.2 Å². The van der Waals surface area contributed by atoms with E-state index in [0.29, 0.717) is 11.8 Å². The molecule has 0 amide bonds. The average molecular weight is 335 g/mol. The highest BCUT2D eigenvalue weighted by Gasteiger charge is 2.29. The molecule has 0 radical (unpaired) electrons. The highest BCUT2D eigenvalue weighted by atomic mass is 16.5. The molecule has 3 aromatic rings. The fraction of sp³-hybridized carbons (Fsp3) is 0.421. The van der Waals surface area contributed by atoms with Gasteiger partial charge in [-0.15, -0.1) is 0 Å². The Balaban J connectivity index is 1.30. The van der Waals surface area contributed by atoms with Crippen molar-refractivity contribution in [3.05, 3.63) is 48.7 Å². The van der Waals surface area contributed by atoms with Crippen LogP contribution in [0.5, 0.6) is 5.75 Å². The van der Waals surface area contributed by atoms with Gasteiger partial charge in [0.05, 0.1) is 12.3 Å². The van der Waals surface area contributed by atoms with Crippen LogP contribution >= 0.6 is 0 Å². The van der Waals surface area contributed by atoms with E-state index in [9.17, 15) is 0 Å². The van der Waals surface area contributed by atoms with Crippen LogP contribution in [0.3, 0.4) is 0 Å². The van der Waals surface area contributed by atoms with Crippen molar-refractivity contribution in [2.45, 2.75) is 25.2 Å². The van der Waals surface area contributed by atoms with E-state index in [1.54, 1.807) is 12.4 Å². The molecule has 2 aliphatic rings. The Morgan fingerprint density at radius 1 is 1.12 bits per heavy atom. The van der Waals surface area contributed by atoms with E-state index in [2.05, 4.69) is 20.9 Å². The lowest BCUT2D eigenvalue weighted by Gasteiger charge is -2.18. The highest BCUT2D eigenvalue weighted by Crippen LogP contribution is 2.40. The van der Waals surface area contributed by atoms with Crippen LogP contribution in [0.25, 0.3) is 5.52 Å². The zero-order valence-corrected chi connectivity index (χ0v) is 14.1. The average Bonchev–Trinajstić information content (AvgIpc) is 3.24. The minimum absolute atomic E-state index is 0.515. The summed E-state index contributed by atoms with van der Waals surface area (Å²) >= 11 is 0. The Kier molecular flexibility index (Phi) is 3.54. The van der Waals surface area contributed by atoms with Gasteiger partial charge in [0.2, 0.25) is 0 Å². The van der Waals surface area contributed by atoms with Crippen LogP contribution < -0.4 is 9.64 Å². The number of aromatic nitrogens is 4. The summed E-state index contributed by atoms with van der Waals surface area (Å²) in [5, 5.41) is 4.72. The molecule has 128 valence electrons.